The van der Waals surface area contributed by atoms with Crippen molar-refractivity contribution in [2.24, 2.45) is 23.7 Å². The van der Waals surface area contributed by atoms with E-state index in [4.69, 9.17) is 14.2 Å². The highest BCUT2D eigenvalue weighted by Gasteiger charge is 2.68. The summed E-state index contributed by atoms with van der Waals surface area (Å²) < 4.78 is 19.0. The Hall–Kier alpha value is -3.20. The number of nitrogens with one attached hydrogen (secondary N) is 1. The van der Waals surface area contributed by atoms with Crippen molar-refractivity contribution in [1.82, 2.24) is 10.2 Å². The van der Waals surface area contributed by atoms with Crippen molar-refractivity contribution in [2.45, 2.75) is 95.5 Å². The van der Waals surface area contributed by atoms with Crippen molar-refractivity contribution in [3.63, 3.8) is 0 Å². The molecule has 8 atom stereocenters. The molecule has 44 heavy (non-hydrogen) atoms. The molecule has 0 aromatic heterocycles. The van der Waals surface area contributed by atoms with Crippen molar-refractivity contribution in [3.8, 4) is 0 Å². The molecule has 3 heterocycles. The van der Waals surface area contributed by atoms with Crippen LogP contribution in [0, 0.1) is 23.7 Å². The topological polar surface area (TPSA) is 101 Å². The van der Waals surface area contributed by atoms with Crippen LogP contribution in [0.25, 0.3) is 0 Å². The lowest BCUT2D eigenvalue weighted by molar-refractivity contribution is -0.118. The molecule has 3 amide bonds. The number of fused-ring (bicyclic) bond motifs is 6. The van der Waals surface area contributed by atoms with Gasteiger partial charge in [-0.15, -0.1) is 0 Å². The number of nitrogens with zero attached hydrogens (tertiary/aromatic N) is 1. The first-order chi connectivity index (χ1) is 21.1. The van der Waals surface area contributed by atoms with Crippen LogP contribution in [0.1, 0.15) is 64.0 Å². The van der Waals surface area contributed by atoms with Crippen LogP contribution in [0.4, 0.5) is 9.59 Å². The minimum absolute atomic E-state index is 0.0607. The van der Waals surface area contributed by atoms with Gasteiger partial charge in [-0.3, -0.25) is 0 Å². The van der Waals surface area contributed by atoms with Gasteiger partial charge in [0.25, 0.3) is 0 Å². The minimum atomic E-state index is -1.12. The second-order valence-electron chi connectivity index (χ2n) is 13.8. The Morgan fingerprint density at radius 3 is 2.36 bits per heavy atom. The fourth-order valence-corrected chi connectivity index (χ4v) is 8.04. The van der Waals surface area contributed by atoms with Crippen LogP contribution in [-0.2, 0) is 27.3 Å². The maximum Gasteiger partial charge on any atom is 0.418 e. The van der Waals surface area contributed by atoms with Crippen LogP contribution in [0.5, 0.6) is 0 Å². The van der Waals surface area contributed by atoms with Gasteiger partial charge in [-0.05, 0) is 73.5 Å². The molecular formula is C36H46N2O6. The number of carbonyl (C=O) groups excluding carboxylic acids is 2. The molecular weight excluding hydrogens is 556 g/mol. The van der Waals surface area contributed by atoms with Gasteiger partial charge in [-0.25, -0.2) is 14.5 Å². The molecule has 8 heteroatoms. The maximum absolute atomic E-state index is 13.8. The fraction of sp³-hybridized carbons (Fsp3) is 0.556. The number of carbonyl (C=O) groups is 2. The summed E-state index contributed by atoms with van der Waals surface area (Å²) in [5.41, 5.74) is 1.16. The number of epoxide rings is 1. The van der Waals surface area contributed by atoms with Gasteiger partial charge in [0, 0.05) is 12.5 Å². The van der Waals surface area contributed by atoms with Gasteiger partial charge in [0.05, 0.1) is 36.6 Å². The second kappa shape index (κ2) is 12.3. The highest BCUT2D eigenvalue weighted by molar-refractivity contribution is 5.91. The molecule has 1 aliphatic carbocycles. The van der Waals surface area contributed by atoms with Gasteiger partial charge in [-0.2, -0.15) is 0 Å². The molecule has 2 aromatic carbocycles. The Labute approximate surface area is 260 Å². The highest BCUT2D eigenvalue weighted by Crippen LogP contribution is 2.61. The molecule has 0 radical (unpaired) electrons. The largest absolute Gasteiger partial charge is 0.441 e. The average Bonchev–Trinajstić information content (AvgIpc) is 3.66. The Morgan fingerprint density at radius 1 is 1.07 bits per heavy atom. The molecule has 1 saturated carbocycles. The van der Waals surface area contributed by atoms with E-state index < -0.39 is 23.8 Å². The Kier molecular flexibility index (Phi) is 8.61. The predicted octanol–water partition coefficient (Wildman–Crippen LogP) is 6.23. The number of benzene rings is 2. The molecule has 4 fully saturated rings. The van der Waals surface area contributed by atoms with E-state index in [0.717, 1.165) is 41.0 Å². The molecule has 8 nitrogen and oxygen atoms in total. The van der Waals surface area contributed by atoms with Crippen molar-refractivity contribution in [3.05, 3.63) is 83.9 Å². The zero-order valence-electron chi connectivity index (χ0n) is 26.1. The second-order valence-corrected chi connectivity index (χ2v) is 13.8. The first-order valence-electron chi connectivity index (χ1n) is 16.1. The van der Waals surface area contributed by atoms with Crippen molar-refractivity contribution >= 4 is 12.1 Å². The first kappa shape index (κ1) is 30.8. The van der Waals surface area contributed by atoms with Crippen LogP contribution in [0.3, 0.4) is 0 Å². The summed E-state index contributed by atoms with van der Waals surface area (Å²) in [6, 6.07) is 18.4. The molecule has 236 valence electrons. The predicted molar refractivity (Wildman–Crippen MR) is 166 cm³/mol. The molecule has 3 aliphatic heterocycles. The van der Waals surface area contributed by atoms with E-state index in [-0.39, 0.29) is 42.7 Å². The quantitative estimate of drug-likeness (QED) is 0.300. The Bertz CT molecular complexity index is 1340. The third-order valence-electron chi connectivity index (χ3n) is 10.5. The third kappa shape index (κ3) is 6.17. The lowest BCUT2D eigenvalue weighted by Crippen LogP contribution is -2.52. The number of urea groups is 1. The smallest absolute Gasteiger partial charge is 0.418 e. The summed E-state index contributed by atoms with van der Waals surface area (Å²) in [6.07, 6.45) is 1.44. The molecule has 0 unspecified atom stereocenters. The molecule has 6 rings (SSSR count). The van der Waals surface area contributed by atoms with Crippen LogP contribution < -0.4 is 5.32 Å². The summed E-state index contributed by atoms with van der Waals surface area (Å²) in [6.45, 7) is 11.8. The van der Waals surface area contributed by atoms with Crippen LogP contribution in [0.2, 0.25) is 0 Å². The van der Waals surface area contributed by atoms with Crippen molar-refractivity contribution in [1.29, 1.82) is 0 Å². The molecule has 2 aromatic rings. The van der Waals surface area contributed by atoms with E-state index in [9.17, 15) is 14.7 Å². The van der Waals surface area contributed by atoms with E-state index in [2.05, 4.69) is 25.7 Å². The normalized spacial score (nSPS) is 34.4. The minimum Gasteiger partial charge on any atom is -0.441 e. The zero-order valence-corrected chi connectivity index (χ0v) is 26.1. The van der Waals surface area contributed by atoms with Gasteiger partial charge in [0.15, 0.2) is 0 Å². The summed E-state index contributed by atoms with van der Waals surface area (Å²) in [7, 11) is 0. The molecule has 1 spiro atoms. The molecule has 2 bridgehead atoms. The van der Waals surface area contributed by atoms with Crippen molar-refractivity contribution < 1.29 is 28.9 Å². The van der Waals surface area contributed by atoms with E-state index >= 15 is 0 Å². The number of hydrogen-bond donors (Lipinski definition) is 2. The number of hydrogen-bond acceptors (Lipinski definition) is 6. The molecule has 4 aliphatic rings. The van der Waals surface area contributed by atoms with Gasteiger partial charge in [0.2, 0.25) is 0 Å². The number of rotatable bonds is 6. The fourth-order valence-electron chi connectivity index (χ4n) is 8.04. The summed E-state index contributed by atoms with van der Waals surface area (Å²) in [5, 5.41) is 14.8. The van der Waals surface area contributed by atoms with E-state index in [1.54, 1.807) is 0 Å². The van der Waals surface area contributed by atoms with Crippen LogP contribution in [-0.4, -0.2) is 58.3 Å². The number of amides is 3. The monoisotopic (exact) mass is 602 g/mol. The summed E-state index contributed by atoms with van der Waals surface area (Å²) in [4.78, 5) is 28.3. The average molecular weight is 603 g/mol. The number of imide groups is 1. The Balaban J connectivity index is 1.21. The highest BCUT2D eigenvalue weighted by atomic mass is 16.6. The summed E-state index contributed by atoms with van der Waals surface area (Å²) in [5.74, 6) is 1.28. The van der Waals surface area contributed by atoms with Crippen molar-refractivity contribution in [2.75, 3.05) is 6.61 Å². The van der Waals surface area contributed by atoms with Gasteiger partial charge < -0.3 is 24.6 Å². The van der Waals surface area contributed by atoms with E-state index in [1.807, 2.05) is 67.6 Å². The van der Waals surface area contributed by atoms with Gasteiger partial charge in [0.1, 0.15) is 6.10 Å². The number of aliphatic hydroxyl groups is 1. The molecule has 3 saturated heterocycles. The van der Waals surface area contributed by atoms with Crippen LogP contribution in [0.15, 0.2) is 72.8 Å². The SMILES string of the molecule is C=C1C[C@H]2O[C@H]([C@H]3[C@@H]2[C@]2(CC[C@@H]3C(C)C)CO2)[C@](C)(O)CC[C@@H]1OC(=O)N(Cc1ccccc1)C(=O)NCc1ccccc1. The van der Waals surface area contributed by atoms with E-state index in [1.165, 1.54) is 0 Å². The van der Waals surface area contributed by atoms with Crippen LogP contribution >= 0.6 is 0 Å². The molecule has 2 N–H and O–H groups in total. The first-order valence-corrected chi connectivity index (χ1v) is 16.1. The maximum atomic E-state index is 13.8. The lowest BCUT2D eigenvalue weighted by Gasteiger charge is -2.45. The van der Waals surface area contributed by atoms with Gasteiger partial charge >= 0.3 is 12.1 Å². The summed E-state index contributed by atoms with van der Waals surface area (Å²) >= 11 is 0. The standard InChI is InChI=1S/C36H46N2O6/c1-23(2)27-15-18-36(22-42-36)31-29-19-24(3)28(16-17-35(4,41)32(43-29)30(27)31)44-34(40)38(21-26-13-9-6-10-14-26)33(39)37-20-25-11-7-5-8-12-25/h5-14,23,27-32,41H,3,15-22H2,1-2,4H3,(H,37,39)/t27-,28+,29-,30-,31-,32-,35-,36+/m1/s1. The zero-order chi connectivity index (χ0) is 31.1. The lowest BCUT2D eigenvalue weighted by atomic mass is 9.59. The third-order valence-corrected chi connectivity index (χ3v) is 10.5. The van der Waals surface area contributed by atoms with Gasteiger partial charge in [-0.1, -0.05) is 81.1 Å². The van der Waals surface area contributed by atoms with E-state index in [0.29, 0.717) is 31.1 Å². The number of ether oxygens (including phenoxy) is 3. The Morgan fingerprint density at radius 2 is 1.73 bits per heavy atom.